The van der Waals surface area contributed by atoms with E-state index in [9.17, 15) is 0 Å². The fourth-order valence-electron chi connectivity index (χ4n) is 2.53. The summed E-state index contributed by atoms with van der Waals surface area (Å²) in [5.41, 5.74) is 0. The molecule has 1 fully saturated rings. The zero-order valence-corrected chi connectivity index (χ0v) is 13.0. The lowest BCUT2D eigenvalue weighted by Gasteiger charge is -2.29. The van der Waals surface area contributed by atoms with Gasteiger partial charge < -0.3 is 4.74 Å². The van der Waals surface area contributed by atoms with Gasteiger partial charge in [-0.05, 0) is 30.6 Å². The molecule has 1 atom stereocenters. The number of rotatable bonds is 4. The van der Waals surface area contributed by atoms with Crippen LogP contribution >= 0.6 is 23.6 Å². The summed E-state index contributed by atoms with van der Waals surface area (Å²) in [6, 6.07) is 4.40. The van der Waals surface area contributed by atoms with E-state index in [1.54, 1.807) is 11.3 Å². The molecule has 0 amide bonds. The van der Waals surface area contributed by atoms with E-state index in [4.69, 9.17) is 17.0 Å². The number of morpholine rings is 1. The van der Waals surface area contributed by atoms with E-state index in [2.05, 4.69) is 38.0 Å². The van der Waals surface area contributed by atoms with Crippen molar-refractivity contribution in [1.29, 1.82) is 0 Å². The SMILES string of the molecule is CC(CN1CCOCC1)n1c(-c2cccs2)n[nH]c1=S. The van der Waals surface area contributed by atoms with Crippen LogP contribution in [-0.4, -0.2) is 52.5 Å². The Labute approximate surface area is 127 Å². The third-order valence-corrected chi connectivity index (χ3v) is 4.67. The quantitative estimate of drug-likeness (QED) is 0.882. The molecule has 5 nitrogen and oxygen atoms in total. The molecular formula is C13H18N4OS2. The fraction of sp³-hybridized carbons (Fsp3) is 0.538. The Morgan fingerprint density at radius 1 is 1.50 bits per heavy atom. The maximum Gasteiger partial charge on any atom is 0.195 e. The van der Waals surface area contributed by atoms with E-state index in [-0.39, 0.29) is 6.04 Å². The number of hydrogen-bond acceptors (Lipinski definition) is 5. The van der Waals surface area contributed by atoms with Gasteiger partial charge in [-0.2, -0.15) is 5.10 Å². The lowest BCUT2D eigenvalue weighted by Crippen LogP contribution is -2.39. The van der Waals surface area contributed by atoms with Gasteiger partial charge in [0.25, 0.3) is 0 Å². The van der Waals surface area contributed by atoms with Crippen LogP contribution in [0.3, 0.4) is 0 Å². The van der Waals surface area contributed by atoms with Crippen molar-refractivity contribution >= 4 is 23.6 Å². The number of aromatic nitrogens is 3. The summed E-state index contributed by atoms with van der Waals surface area (Å²) in [7, 11) is 0. The molecule has 1 aliphatic heterocycles. The van der Waals surface area contributed by atoms with Gasteiger partial charge in [0.05, 0.1) is 18.1 Å². The third-order valence-electron chi connectivity index (χ3n) is 3.51. The van der Waals surface area contributed by atoms with Gasteiger partial charge in [0.1, 0.15) is 0 Å². The molecule has 2 aromatic heterocycles. The van der Waals surface area contributed by atoms with Crippen LogP contribution in [0, 0.1) is 4.77 Å². The molecule has 3 rings (SSSR count). The first-order valence-corrected chi connectivity index (χ1v) is 8.05. The van der Waals surface area contributed by atoms with Gasteiger partial charge in [-0.3, -0.25) is 14.6 Å². The van der Waals surface area contributed by atoms with Crippen molar-refractivity contribution < 1.29 is 4.74 Å². The molecule has 0 saturated carbocycles. The second-order valence-electron chi connectivity index (χ2n) is 4.96. The minimum Gasteiger partial charge on any atom is -0.379 e. The lowest BCUT2D eigenvalue weighted by atomic mass is 10.2. The molecule has 0 bridgehead atoms. The Morgan fingerprint density at radius 3 is 3.00 bits per heavy atom. The molecule has 1 aliphatic rings. The lowest BCUT2D eigenvalue weighted by molar-refractivity contribution is 0.0326. The Balaban J connectivity index is 1.82. The van der Waals surface area contributed by atoms with E-state index in [1.807, 2.05) is 6.07 Å². The van der Waals surface area contributed by atoms with E-state index in [1.165, 1.54) is 0 Å². The van der Waals surface area contributed by atoms with Crippen molar-refractivity contribution in [2.45, 2.75) is 13.0 Å². The maximum atomic E-state index is 5.40. The summed E-state index contributed by atoms with van der Waals surface area (Å²) in [6.07, 6.45) is 0. The normalized spacial score (nSPS) is 18.2. The van der Waals surface area contributed by atoms with Crippen LogP contribution < -0.4 is 0 Å². The highest BCUT2D eigenvalue weighted by Gasteiger charge is 2.19. The third kappa shape index (κ3) is 2.85. The van der Waals surface area contributed by atoms with E-state index in [0.717, 1.165) is 43.5 Å². The maximum absolute atomic E-state index is 5.40. The summed E-state index contributed by atoms with van der Waals surface area (Å²) in [5.74, 6) is 0.936. The summed E-state index contributed by atoms with van der Waals surface area (Å²) in [5, 5.41) is 9.37. The van der Waals surface area contributed by atoms with Crippen molar-refractivity contribution in [3.63, 3.8) is 0 Å². The molecular weight excluding hydrogens is 292 g/mol. The molecule has 0 spiro atoms. The van der Waals surface area contributed by atoms with E-state index in [0.29, 0.717) is 4.77 Å². The molecule has 0 aromatic carbocycles. The van der Waals surface area contributed by atoms with Gasteiger partial charge in [-0.25, -0.2) is 0 Å². The number of thiophene rings is 1. The topological polar surface area (TPSA) is 46.1 Å². The highest BCUT2D eigenvalue weighted by atomic mass is 32.1. The van der Waals surface area contributed by atoms with Gasteiger partial charge in [0, 0.05) is 25.7 Å². The van der Waals surface area contributed by atoms with Gasteiger partial charge in [0.15, 0.2) is 10.6 Å². The average Bonchev–Trinajstić information content (AvgIpc) is 3.08. The molecule has 0 aliphatic carbocycles. The van der Waals surface area contributed by atoms with Crippen LogP contribution in [0.15, 0.2) is 17.5 Å². The number of nitrogens with one attached hydrogen (secondary N) is 1. The Bertz CT molecular complexity index is 598. The summed E-state index contributed by atoms with van der Waals surface area (Å²) >= 11 is 7.08. The minimum atomic E-state index is 0.288. The number of H-pyrrole nitrogens is 1. The highest BCUT2D eigenvalue weighted by molar-refractivity contribution is 7.71. The summed E-state index contributed by atoms with van der Waals surface area (Å²) in [6.45, 7) is 6.78. The largest absolute Gasteiger partial charge is 0.379 e. The van der Waals surface area contributed by atoms with Gasteiger partial charge in [-0.1, -0.05) is 6.07 Å². The Hall–Kier alpha value is -1.02. The predicted octanol–water partition coefficient (Wildman–Crippen LogP) is 2.56. The molecule has 1 saturated heterocycles. The van der Waals surface area contributed by atoms with Crippen LogP contribution in [0.5, 0.6) is 0 Å². The first-order valence-electron chi connectivity index (χ1n) is 6.76. The minimum absolute atomic E-state index is 0.288. The standard InChI is InChI=1S/C13H18N4OS2/c1-10(9-16-4-6-18-7-5-16)17-12(14-15-13(17)19)11-3-2-8-20-11/h2-3,8,10H,4-7,9H2,1H3,(H,15,19). The van der Waals surface area contributed by atoms with Crippen molar-refractivity contribution in [1.82, 2.24) is 19.7 Å². The van der Waals surface area contributed by atoms with Gasteiger partial charge in [0.2, 0.25) is 0 Å². The highest BCUT2D eigenvalue weighted by Crippen LogP contribution is 2.25. The van der Waals surface area contributed by atoms with Crippen molar-refractivity contribution in [2.75, 3.05) is 32.8 Å². The second-order valence-corrected chi connectivity index (χ2v) is 6.30. The zero-order valence-electron chi connectivity index (χ0n) is 11.4. The smallest absolute Gasteiger partial charge is 0.195 e. The molecule has 108 valence electrons. The van der Waals surface area contributed by atoms with Crippen molar-refractivity contribution in [3.8, 4) is 10.7 Å². The van der Waals surface area contributed by atoms with Crippen LogP contribution in [0.1, 0.15) is 13.0 Å². The van der Waals surface area contributed by atoms with Crippen LogP contribution in [0.25, 0.3) is 10.7 Å². The molecule has 2 aromatic rings. The molecule has 1 N–H and O–H groups in total. The summed E-state index contributed by atoms with van der Waals surface area (Å²) < 4.78 is 8.20. The molecule has 7 heteroatoms. The molecule has 20 heavy (non-hydrogen) atoms. The summed E-state index contributed by atoms with van der Waals surface area (Å²) in [4.78, 5) is 3.56. The van der Waals surface area contributed by atoms with Crippen LogP contribution in [0.4, 0.5) is 0 Å². The van der Waals surface area contributed by atoms with E-state index < -0.39 is 0 Å². The second kappa shape index (κ2) is 6.17. The van der Waals surface area contributed by atoms with Gasteiger partial charge >= 0.3 is 0 Å². The van der Waals surface area contributed by atoms with Crippen molar-refractivity contribution in [2.24, 2.45) is 0 Å². The zero-order chi connectivity index (χ0) is 13.9. The first kappa shape index (κ1) is 13.9. The van der Waals surface area contributed by atoms with Crippen LogP contribution in [0.2, 0.25) is 0 Å². The number of aromatic amines is 1. The van der Waals surface area contributed by atoms with Gasteiger partial charge in [-0.15, -0.1) is 11.3 Å². The van der Waals surface area contributed by atoms with E-state index >= 15 is 0 Å². The average molecular weight is 310 g/mol. The number of ether oxygens (including phenoxy) is 1. The molecule has 3 heterocycles. The monoisotopic (exact) mass is 310 g/mol. The van der Waals surface area contributed by atoms with Crippen LogP contribution in [-0.2, 0) is 4.74 Å². The predicted molar refractivity (Wildman–Crippen MR) is 82.7 cm³/mol. The molecule has 0 radical (unpaired) electrons. The Kier molecular flexibility index (Phi) is 4.30. The number of hydrogen-bond donors (Lipinski definition) is 1. The Morgan fingerprint density at radius 2 is 2.30 bits per heavy atom. The molecule has 1 unspecified atom stereocenters. The first-order chi connectivity index (χ1) is 9.75. The van der Waals surface area contributed by atoms with Crippen molar-refractivity contribution in [3.05, 3.63) is 22.3 Å². The fourth-order valence-corrected chi connectivity index (χ4v) is 3.55. The number of nitrogens with zero attached hydrogens (tertiary/aromatic N) is 3.